The van der Waals surface area contributed by atoms with Crippen LogP contribution in [0, 0.1) is 6.92 Å². The minimum atomic E-state index is -2.61. The van der Waals surface area contributed by atoms with E-state index < -0.39 is 5.92 Å². The van der Waals surface area contributed by atoms with Crippen LogP contribution in [0.25, 0.3) is 0 Å². The second kappa shape index (κ2) is 10.5. The van der Waals surface area contributed by atoms with E-state index in [-0.39, 0.29) is 36.9 Å². The van der Waals surface area contributed by atoms with Crippen molar-refractivity contribution in [3.63, 3.8) is 0 Å². The minimum Gasteiger partial charge on any atom is -0.369 e. The number of hydrogen-bond acceptors (Lipinski definition) is 3. The first-order valence-electron chi connectivity index (χ1n) is 12.3. The number of aromatic amines is 1. The van der Waals surface area contributed by atoms with Crippen LogP contribution < -0.4 is 15.8 Å². The molecule has 1 aromatic carbocycles. The third-order valence-corrected chi connectivity index (χ3v) is 7.29. The highest BCUT2D eigenvalue weighted by atomic mass is 35.5. The number of pyridine rings is 1. The van der Waals surface area contributed by atoms with Crippen molar-refractivity contribution >= 4 is 23.2 Å². The number of aromatic nitrogens is 1. The molecule has 2 aliphatic rings. The van der Waals surface area contributed by atoms with Gasteiger partial charge in [-0.05, 0) is 75.3 Å². The van der Waals surface area contributed by atoms with Crippen LogP contribution in [0.2, 0.25) is 5.02 Å². The topological polar surface area (TPSA) is 65.2 Å². The molecule has 0 saturated heterocycles. The minimum absolute atomic E-state index is 0.0377. The number of carbonyl (C=O) groups excluding carboxylic acids is 1. The third kappa shape index (κ3) is 5.77. The molecule has 0 unspecified atom stereocenters. The Bertz CT molecular complexity index is 1180. The molecule has 2 N–H and O–H groups in total. The molecule has 0 spiro atoms. The lowest BCUT2D eigenvalue weighted by atomic mass is 9.89. The summed E-state index contributed by atoms with van der Waals surface area (Å²) in [4.78, 5) is 30.9. The van der Waals surface area contributed by atoms with Crippen molar-refractivity contribution in [1.29, 1.82) is 0 Å². The van der Waals surface area contributed by atoms with E-state index in [1.165, 1.54) is 0 Å². The zero-order chi connectivity index (χ0) is 25.2. The lowest BCUT2D eigenvalue weighted by molar-refractivity contribution is -0.0380. The van der Waals surface area contributed by atoms with Crippen molar-refractivity contribution in [3.8, 4) is 0 Å². The van der Waals surface area contributed by atoms with Crippen LogP contribution in [0.3, 0.4) is 0 Å². The highest BCUT2D eigenvalue weighted by Crippen LogP contribution is 2.39. The Balaban J connectivity index is 1.72. The van der Waals surface area contributed by atoms with Crippen LogP contribution in [-0.4, -0.2) is 29.4 Å². The summed E-state index contributed by atoms with van der Waals surface area (Å²) in [5.41, 5.74) is 4.16. The van der Waals surface area contributed by atoms with Crippen LogP contribution in [0.5, 0.6) is 0 Å². The Morgan fingerprint density at radius 3 is 2.57 bits per heavy atom. The summed E-state index contributed by atoms with van der Waals surface area (Å²) in [7, 11) is 0. The fraction of sp³-hybridized carbons (Fsp3) is 0.481. The summed E-state index contributed by atoms with van der Waals surface area (Å²) in [5.74, 6) is -2.92. The first kappa shape index (κ1) is 25.4. The Morgan fingerprint density at radius 2 is 1.86 bits per heavy atom. The summed E-state index contributed by atoms with van der Waals surface area (Å²) in [6.07, 6.45) is 6.60. The Labute approximate surface area is 209 Å². The van der Waals surface area contributed by atoms with E-state index in [0.717, 1.165) is 28.9 Å². The van der Waals surface area contributed by atoms with Gasteiger partial charge in [-0.3, -0.25) is 9.59 Å². The lowest BCUT2D eigenvalue weighted by Crippen LogP contribution is -2.41. The molecule has 1 saturated carbocycles. The fourth-order valence-electron chi connectivity index (χ4n) is 5.28. The van der Waals surface area contributed by atoms with Gasteiger partial charge < -0.3 is 15.2 Å². The Hall–Kier alpha value is -2.67. The molecule has 1 aromatic heterocycles. The van der Waals surface area contributed by atoms with Crippen molar-refractivity contribution in [1.82, 2.24) is 10.3 Å². The van der Waals surface area contributed by atoms with Gasteiger partial charge in [0.05, 0.1) is 0 Å². The van der Waals surface area contributed by atoms with Crippen LogP contribution in [0.15, 0.2) is 35.1 Å². The van der Waals surface area contributed by atoms with E-state index >= 15 is 0 Å². The molecule has 2 heterocycles. The van der Waals surface area contributed by atoms with Gasteiger partial charge in [0.2, 0.25) is 5.92 Å². The highest BCUT2D eigenvalue weighted by molar-refractivity contribution is 6.31. The molecular weight excluding hydrogens is 472 g/mol. The van der Waals surface area contributed by atoms with Gasteiger partial charge >= 0.3 is 0 Å². The molecule has 0 atom stereocenters. The van der Waals surface area contributed by atoms with Gasteiger partial charge in [-0.2, -0.15) is 0 Å². The van der Waals surface area contributed by atoms with Crippen molar-refractivity contribution in [2.24, 2.45) is 0 Å². The van der Waals surface area contributed by atoms with Gasteiger partial charge in [0.1, 0.15) is 0 Å². The summed E-state index contributed by atoms with van der Waals surface area (Å²) in [6.45, 7) is 4.58. The number of alkyl halides is 2. The van der Waals surface area contributed by atoms with E-state index in [9.17, 15) is 18.4 Å². The maximum Gasteiger partial charge on any atom is 0.253 e. The second-order valence-electron chi connectivity index (χ2n) is 9.51. The average molecular weight is 504 g/mol. The zero-order valence-corrected chi connectivity index (χ0v) is 21.0. The average Bonchev–Trinajstić information content (AvgIpc) is 2.79. The van der Waals surface area contributed by atoms with Crippen molar-refractivity contribution < 1.29 is 13.6 Å². The second-order valence-corrected chi connectivity index (χ2v) is 9.94. The molecular formula is C27H32ClF2N3O2. The molecule has 1 amide bonds. The number of H-pyrrole nitrogens is 1. The molecule has 1 aliphatic carbocycles. The maximum absolute atomic E-state index is 13.8. The zero-order valence-electron chi connectivity index (χ0n) is 20.2. The summed E-state index contributed by atoms with van der Waals surface area (Å²) in [6, 6.07) is 5.41. The predicted octanol–water partition coefficient (Wildman–Crippen LogP) is 5.72. The van der Waals surface area contributed by atoms with Crippen LogP contribution in [-0.2, 0) is 19.4 Å². The monoisotopic (exact) mass is 503 g/mol. The summed E-state index contributed by atoms with van der Waals surface area (Å²) in [5, 5.41) is 3.33. The number of hydrogen-bond donors (Lipinski definition) is 2. The van der Waals surface area contributed by atoms with Gasteiger partial charge in [-0.1, -0.05) is 23.8 Å². The number of amides is 1. The summed E-state index contributed by atoms with van der Waals surface area (Å²) >= 11 is 6.48. The molecule has 4 rings (SSSR count). The van der Waals surface area contributed by atoms with Gasteiger partial charge in [0.25, 0.3) is 11.5 Å². The van der Waals surface area contributed by atoms with Crippen LogP contribution >= 0.6 is 11.6 Å². The number of aryl methyl sites for hydroxylation is 2. The number of carbonyl (C=O) groups is 1. The van der Waals surface area contributed by atoms with E-state index in [1.807, 2.05) is 32.1 Å². The lowest BCUT2D eigenvalue weighted by Gasteiger charge is -2.39. The number of nitrogens with one attached hydrogen (secondary N) is 2. The fourth-order valence-corrected chi connectivity index (χ4v) is 5.49. The Morgan fingerprint density at radius 1 is 1.11 bits per heavy atom. The first-order chi connectivity index (χ1) is 16.7. The number of fused-ring (bicyclic) bond motifs is 2. The number of anilines is 1. The normalized spacial score (nSPS) is 19.5. The van der Waals surface area contributed by atoms with Crippen LogP contribution in [0.1, 0.15) is 71.8 Å². The number of halogens is 3. The van der Waals surface area contributed by atoms with Gasteiger partial charge in [0, 0.05) is 59.5 Å². The van der Waals surface area contributed by atoms with E-state index in [4.69, 9.17) is 11.6 Å². The number of nitrogens with zero attached hydrogens (tertiary/aromatic N) is 1. The molecule has 5 nitrogen and oxygen atoms in total. The highest BCUT2D eigenvalue weighted by Gasteiger charge is 2.37. The van der Waals surface area contributed by atoms with Crippen molar-refractivity contribution in [3.05, 3.63) is 73.7 Å². The van der Waals surface area contributed by atoms with Gasteiger partial charge in [-0.15, -0.1) is 0 Å². The van der Waals surface area contributed by atoms with E-state index in [1.54, 1.807) is 6.07 Å². The predicted molar refractivity (Wildman–Crippen MR) is 136 cm³/mol. The molecule has 188 valence electrons. The van der Waals surface area contributed by atoms with E-state index in [2.05, 4.69) is 21.3 Å². The molecule has 35 heavy (non-hydrogen) atoms. The molecule has 0 bridgehead atoms. The largest absolute Gasteiger partial charge is 0.369 e. The first-order valence-corrected chi connectivity index (χ1v) is 12.7. The number of rotatable bonds is 3. The SMILES string of the molecule is CCN(c1cc(Cl)cc2c1C/C=C/CCc1cc(C)[nH]c(=O)c1CNC2=O)C1CCC(F)(F)CC1. The molecule has 1 fully saturated rings. The van der Waals surface area contributed by atoms with E-state index in [0.29, 0.717) is 48.4 Å². The smallest absolute Gasteiger partial charge is 0.253 e. The van der Waals surface area contributed by atoms with Crippen molar-refractivity contribution in [2.75, 3.05) is 11.4 Å². The standard InChI is InChI=1S/C27H32ClF2N3O2/c1-3-33(20-9-11-27(29,30)12-10-20)24-15-19(28)14-22-21(24)8-6-4-5-7-18-13-17(2)32-26(35)23(18)16-31-25(22)34/h4,6,13-15,20H,3,5,7-12,16H2,1-2H3,(H,31,34)(H,32,35)/b6-4+. The molecule has 0 radical (unpaired) electrons. The number of benzene rings is 1. The molecule has 1 aliphatic heterocycles. The van der Waals surface area contributed by atoms with Crippen molar-refractivity contribution in [2.45, 2.75) is 77.3 Å². The third-order valence-electron chi connectivity index (χ3n) is 7.07. The number of allylic oxidation sites excluding steroid dienone is 2. The Kier molecular flexibility index (Phi) is 7.64. The quantitative estimate of drug-likeness (QED) is 0.527. The van der Waals surface area contributed by atoms with Crippen LogP contribution in [0.4, 0.5) is 14.5 Å². The van der Waals surface area contributed by atoms with Gasteiger partial charge in [-0.25, -0.2) is 8.78 Å². The van der Waals surface area contributed by atoms with Gasteiger partial charge in [0.15, 0.2) is 0 Å². The molecule has 2 aromatic rings. The summed E-state index contributed by atoms with van der Waals surface area (Å²) < 4.78 is 27.6. The maximum atomic E-state index is 13.8. The molecule has 8 heteroatoms.